The van der Waals surface area contributed by atoms with Gasteiger partial charge in [0.25, 0.3) is 0 Å². The van der Waals surface area contributed by atoms with E-state index in [1.807, 2.05) is 45.9 Å². The van der Waals surface area contributed by atoms with Crippen molar-refractivity contribution in [2.24, 2.45) is 0 Å². The number of aromatic nitrogens is 2. The first-order chi connectivity index (χ1) is 17.0. The lowest BCUT2D eigenvalue weighted by Crippen LogP contribution is -2.49. The van der Waals surface area contributed by atoms with Crippen molar-refractivity contribution in [3.63, 3.8) is 0 Å². The normalized spacial score (nSPS) is 23.7. The number of rotatable bonds is 5. The summed E-state index contributed by atoms with van der Waals surface area (Å²) in [6.07, 6.45) is 7.47. The zero-order valence-corrected chi connectivity index (χ0v) is 21.5. The predicted molar refractivity (Wildman–Crippen MR) is 138 cm³/mol. The first-order valence-electron chi connectivity index (χ1n) is 12.7. The molecule has 0 bridgehead atoms. The van der Waals surface area contributed by atoms with E-state index in [-0.39, 0.29) is 17.8 Å². The Morgan fingerprint density at radius 2 is 1.97 bits per heavy atom. The highest BCUT2D eigenvalue weighted by molar-refractivity contribution is 5.69. The number of nitrogens with zero attached hydrogens (tertiary/aromatic N) is 3. The number of fused-ring (bicyclic) bond motifs is 1. The Balaban J connectivity index is 1.50. The van der Waals surface area contributed by atoms with E-state index in [0.717, 1.165) is 61.9 Å². The number of hydrogen-bond acceptors (Lipinski definition) is 8. The largest absolute Gasteiger partial charge is 0.444 e. The van der Waals surface area contributed by atoms with Crippen LogP contribution in [0.4, 0.5) is 22.0 Å². The summed E-state index contributed by atoms with van der Waals surface area (Å²) in [5, 5.41) is 30.0. The van der Waals surface area contributed by atoms with Gasteiger partial charge in [-0.25, -0.2) is 14.8 Å². The average molecular weight is 493 g/mol. The fourth-order valence-corrected chi connectivity index (χ4v) is 5.00. The summed E-state index contributed by atoms with van der Waals surface area (Å²) in [4.78, 5) is 21.4. The van der Waals surface area contributed by atoms with Crippen molar-refractivity contribution in [3.8, 4) is 6.07 Å². The fourth-order valence-electron chi connectivity index (χ4n) is 5.00. The van der Waals surface area contributed by atoms with E-state index in [2.05, 4.69) is 27.0 Å². The monoisotopic (exact) mass is 492 g/mol. The summed E-state index contributed by atoms with van der Waals surface area (Å²) >= 11 is 0. The lowest BCUT2D eigenvalue weighted by atomic mass is 9.83. The van der Waals surface area contributed by atoms with Gasteiger partial charge >= 0.3 is 6.09 Å². The second-order valence-corrected chi connectivity index (χ2v) is 11.0. The molecule has 2 heterocycles. The summed E-state index contributed by atoms with van der Waals surface area (Å²) in [5.41, 5.74) is 1.86. The number of aliphatic hydroxyl groups is 1. The third-order valence-corrected chi connectivity index (χ3v) is 6.71. The van der Waals surface area contributed by atoms with Crippen LogP contribution in [0.25, 0.3) is 0 Å². The summed E-state index contributed by atoms with van der Waals surface area (Å²) < 4.78 is 5.45. The van der Waals surface area contributed by atoms with E-state index in [1.54, 1.807) is 6.20 Å². The Morgan fingerprint density at radius 3 is 2.69 bits per heavy atom. The van der Waals surface area contributed by atoms with Crippen molar-refractivity contribution in [2.45, 2.75) is 95.9 Å². The van der Waals surface area contributed by atoms with Crippen LogP contribution in [0.3, 0.4) is 0 Å². The van der Waals surface area contributed by atoms with Crippen LogP contribution in [0.1, 0.15) is 83.2 Å². The molecular weight excluding hydrogens is 456 g/mol. The maximum atomic E-state index is 12.4. The van der Waals surface area contributed by atoms with Crippen molar-refractivity contribution in [2.75, 3.05) is 10.6 Å². The fraction of sp³-hybridized carbons (Fsp3) is 0.556. The lowest BCUT2D eigenvalue weighted by Gasteiger charge is -2.34. The second kappa shape index (κ2) is 10.3. The lowest BCUT2D eigenvalue weighted by molar-refractivity contribution is 0.0379. The SMILES string of the molecule is CC(C)(C)OC(=O)N[C@H]1CCCC[C@H]1Nc1cnc(C#N)c(Nc2ccc3c(n2)CCCC3(C)O)c1. The highest BCUT2D eigenvalue weighted by Crippen LogP contribution is 2.35. The number of nitriles is 1. The summed E-state index contributed by atoms with van der Waals surface area (Å²) in [6.45, 7) is 7.36. The van der Waals surface area contributed by atoms with Gasteiger partial charge in [0.15, 0.2) is 5.69 Å². The van der Waals surface area contributed by atoms with Gasteiger partial charge in [0.1, 0.15) is 17.5 Å². The summed E-state index contributed by atoms with van der Waals surface area (Å²) in [6, 6.07) is 7.65. The Kier molecular flexibility index (Phi) is 7.36. The van der Waals surface area contributed by atoms with Crippen molar-refractivity contribution >= 4 is 23.3 Å². The number of hydrogen-bond donors (Lipinski definition) is 4. The molecule has 4 rings (SSSR count). The molecule has 192 valence electrons. The van der Waals surface area contributed by atoms with Crippen molar-refractivity contribution in [1.29, 1.82) is 5.26 Å². The van der Waals surface area contributed by atoms with Gasteiger partial charge in [-0.15, -0.1) is 0 Å². The van der Waals surface area contributed by atoms with Gasteiger partial charge in [-0.1, -0.05) is 18.9 Å². The highest BCUT2D eigenvalue weighted by atomic mass is 16.6. The molecule has 1 amide bonds. The number of pyridine rings is 2. The van der Waals surface area contributed by atoms with Crippen LogP contribution >= 0.6 is 0 Å². The number of ether oxygens (including phenoxy) is 1. The third-order valence-electron chi connectivity index (χ3n) is 6.71. The topological polar surface area (TPSA) is 132 Å². The van der Waals surface area contributed by atoms with E-state index >= 15 is 0 Å². The van der Waals surface area contributed by atoms with E-state index in [9.17, 15) is 15.2 Å². The molecule has 36 heavy (non-hydrogen) atoms. The maximum absolute atomic E-state index is 12.4. The minimum absolute atomic E-state index is 0.0120. The molecule has 0 aromatic carbocycles. The van der Waals surface area contributed by atoms with Gasteiger partial charge in [0.2, 0.25) is 0 Å². The molecule has 1 saturated carbocycles. The van der Waals surface area contributed by atoms with E-state index in [4.69, 9.17) is 9.72 Å². The van der Waals surface area contributed by atoms with Gasteiger partial charge < -0.3 is 25.8 Å². The zero-order chi connectivity index (χ0) is 25.9. The zero-order valence-electron chi connectivity index (χ0n) is 21.5. The van der Waals surface area contributed by atoms with E-state index in [0.29, 0.717) is 11.5 Å². The predicted octanol–water partition coefficient (Wildman–Crippen LogP) is 4.88. The second-order valence-electron chi connectivity index (χ2n) is 11.0. The van der Waals surface area contributed by atoms with Crippen LogP contribution in [-0.2, 0) is 16.8 Å². The Hall–Kier alpha value is -3.38. The molecule has 0 saturated heterocycles. The van der Waals surface area contributed by atoms with Crippen molar-refractivity contribution in [3.05, 3.63) is 41.3 Å². The Morgan fingerprint density at radius 1 is 1.22 bits per heavy atom. The van der Waals surface area contributed by atoms with Gasteiger partial charge in [-0.2, -0.15) is 5.26 Å². The summed E-state index contributed by atoms with van der Waals surface area (Å²) in [5.74, 6) is 0.601. The molecule has 9 heteroatoms. The number of alkyl carbamates (subject to hydrolysis) is 1. The van der Waals surface area contributed by atoms with E-state index in [1.165, 1.54) is 0 Å². The summed E-state index contributed by atoms with van der Waals surface area (Å²) in [7, 11) is 0. The van der Waals surface area contributed by atoms with Crippen LogP contribution in [0, 0.1) is 11.3 Å². The van der Waals surface area contributed by atoms with Crippen molar-refractivity contribution < 1.29 is 14.6 Å². The first-order valence-corrected chi connectivity index (χ1v) is 12.7. The van der Waals surface area contributed by atoms with Crippen molar-refractivity contribution in [1.82, 2.24) is 15.3 Å². The number of carbonyl (C=O) groups is 1. The number of amides is 1. The molecule has 1 fully saturated rings. The van der Waals surface area contributed by atoms with Gasteiger partial charge in [-0.05, 0) is 71.9 Å². The number of carbonyl (C=O) groups excluding carboxylic acids is 1. The molecule has 2 aromatic heterocycles. The van der Waals surface area contributed by atoms with Gasteiger partial charge in [0.05, 0.1) is 29.2 Å². The Bertz CT molecular complexity index is 1150. The molecule has 1 unspecified atom stereocenters. The minimum Gasteiger partial charge on any atom is -0.444 e. The third kappa shape index (κ3) is 6.24. The standard InChI is InChI=1S/C27H36N6O3/c1-26(2,3)36-25(34)33-21-9-6-5-8-20(21)30-17-14-22(23(15-28)29-16-17)32-24-12-11-18-19(31-24)10-7-13-27(18,4)35/h11-12,14,16,20-21,30,35H,5-10,13H2,1-4H3,(H,31,32)(H,33,34)/t20-,21+,27?/m1/s1. The van der Waals surface area contributed by atoms with Crippen LogP contribution in [0.15, 0.2) is 24.4 Å². The van der Waals surface area contributed by atoms with Crippen LogP contribution in [-0.4, -0.2) is 38.9 Å². The molecule has 2 aromatic rings. The smallest absolute Gasteiger partial charge is 0.407 e. The molecule has 2 aliphatic rings. The minimum atomic E-state index is -0.869. The van der Waals surface area contributed by atoms with Gasteiger partial charge in [-0.3, -0.25) is 0 Å². The molecular formula is C27H36N6O3. The van der Waals surface area contributed by atoms with E-state index < -0.39 is 17.3 Å². The van der Waals surface area contributed by atoms with Crippen LogP contribution < -0.4 is 16.0 Å². The number of anilines is 3. The molecule has 0 spiro atoms. The first kappa shape index (κ1) is 25.7. The molecule has 0 aliphatic heterocycles. The quantitative estimate of drug-likeness (QED) is 0.464. The Labute approximate surface area is 212 Å². The highest BCUT2D eigenvalue weighted by Gasteiger charge is 2.31. The maximum Gasteiger partial charge on any atom is 0.407 e. The average Bonchev–Trinajstić information content (AvgIpc) is 2.79. The van der Waals surface area contributed by atoms with Crippen LogP contribution in [0.2, 0.25) is 0 Å². The van der Waals surface area contributed by atoms with Gasteiger partial charge in [0, 0.05) is 17.3 Å². The molecule has 0 radical (unpaired) electrons. The molecule has 2 aliphatic carbocycles. The molecule has 3 atom stereocenters. The molecule has 4 N–H and O–H groups in total. The number of aryl methyl sites for hydroxylation is 1. The molecule has 9 nitrogen and oxygen atoms in total. The number of nitrogens with one attached hydrogen (secondary N) is 3. The van der Waals surface area contributed by atoms with Crippen LogP contribution in [0.5, 0.6) is 0 Å².